The summed E-state index contributed by atoms with van der Waals surface area (Å²) in [6.45, 7) is 4.26. The fourth-order valence-corrected chi connectivity index (χ4v) is 3.82. The van der Waals surface area contributed by atoms with E-state index in [-0.39, 0.29) is 16.7 Å². The standard InChI is InChI=1S/C17H25F2NO/c1-11(2)10-17(6-4-5-7-17)16(20)15-13(18)8-12(21-3)9-14(15)19/h8-9,11,16H,4-7,10,20H2,1-3H3. The summed E-state index contributed by atoms with van der Waals surface area (Å²) in [5, 5.41) is 0. The minimum absolute atomic E-state index is 0.0124. The summed E-state index contributed by atoms with van der Waals surface area (Å²) in [6, 6.07) is 1.83. The van der Waals surface area contributed by atoms with Crippen LogP contribution in [0.3, 0.4) is 0 Å². The predicted octanol–water partition coefficient (Wildman–Crippen LogP) is 4.58. The van der Waals surface area contributed by atoms with E-state index in [9.17, 15) is 8.78 Å². The van der Waals surface area contributed by atoms with Gasteiger partial charge < -0.3 is 10.5 Å². The second kappa shape index (κ2) is 6.30. The number of rotatable bonds is 5. The molecule has 1 aliphatic carbocycles. The number of nitrogens with two attached hydrogens (primary N) is 1. The smallest absolute Gasteiger partial charge is 0.134 e. The van der Waals surface area contributed by atoms with Crippen LogP contribution in [-0.4, -0.2) is 7.11 Å². The molecule has 2 N–H and O–H groups in total. The summed E-state index contributed by atoms with van der Waals surface area (Å²) in [6.07, 6.45) is 4.95. The number of benzene rings is 1. The normalized spacial score (nSPS) is 19.0. The van der Waals surface area contributed by atoms with E-state index in [1.165, 1.54) is 19.2 Å². The summed E-state index contributed by atoms with van der Waals surface area (Å²) in [4.78, 5) is 0. The average molecular weight is 297 g/mol. The summed E-state index contributed by atoms with van der Waals surface area (Å²) >= 11 is 0. The number of hydrogen-bond donors (Lipinski definition) is 1. The lowest BCUT2D eigenvalue weighted by Gasteiger charge is -2.37. The molecule has 1 atom stereocenters. The van der Waals surface area contributed by atoms with E-state index < -0.39 is 17.7 Å². The predicted molar refractivity (Wildman–Crippen MR) is 80.2 cm³/mol. The molecule has 0 bridgehead atoms. The Kier molecular flexibility index (Phi) is 4.87. The molecule has 118 valence electrons. The summed E-state index contributed by atoms with van der Waals surface area (Å²) < 4.78 is 33.5. The fraction of sp³-hybridized carbons (Fsp3) is 0.647. The van der Waals surface area contributed by atoms with E-state index in [2.05, 4.69) is 13.8 Å². The van der Waals surface area contributed by atoms with Crippen molar-refractivity contribution >= 4 is 0 Å². The van der Waals surface area contributed by atoms with Crippen molar-refractivity contribution in [3.05, 3.63) is 29.3 Å². The SMILES string of the molecule is COc1cc(F)c(C(N)C2(CC(C)C)CCCC2)c(F)c1. The van der Waals surface area contributed by atoms with E-state index in [0.717, 1.165) is 32.1 Å². The average Bonchev–Trinajstić information content (AvgIpc) is 2.86. The van der Waals surface area contributed by atoms with Crippen molar-refractivity contribution in [1.29, 1.82) is 0 Å². The quantitative estimate of drug-likeness (QED) is 0.863. The van der Waals surface area contributed by atoms with Crippen LogP contribution in [0.5, 0.6) is 5.75 Å². The van der Waals surface area contributed by atoms with Crippen LogP contribution in [-0.2, 0) is 0 Å². The Morgan fingerprint density at radius 3 is 2.14 bits per heavy atom. The maximum atomic E-state index is 14.3. The molecule has 0 amide bonds. The van der Waals surface area contributed by atoms with Gasteiger partial charge in [0.2, 0.25) is 0 Å². The van der Waals surface area contributed by atoms with Crippen LogP contribution in [0, 0.1) is 23.0 Å². The van der Waals surface area contributed by atoms with Crippen LogP contribution in [0.25, 0.3) is 0 Å². The van der Waals surface area contributed by atoms with Crippen molar-refractivity contribution in [3.8, 4) is 5.75 Å². The van der Waals surface area contributed by atoms with Gasteiger partial charge in [-0.1, -0.05) is 26.7 Å². The van der Waals surface area contributed by atoms with E-state index in [4.69, 9.17) is 10.5 Å². The van der Waals surface area contributed by atoms with E-state index in [0.29, 0.717) is 5.92 Å². The minimum atomic E-state index is -0.603. The number of hydrogen-bond acceptors (Lipinski definition) is 2. The van der Waals surface area contributed by atoms with Crippen LogP contribution < -0.4 is 10.5 Å². The summed E-state index contributed by atoms with van der Waals surface area (Å²) in [7, 11) is 1.39. The first-order chi connectivity index (χ1) is 9.89. The molecule has 2 rings (SSSR count). The zero-order valence-corrected chi connectivity index (χ0v) is 13.1. The molecule has 1 fully saturated rings. The highest BCUT2D eigenvalue weighted by atomic mass is 19.1. The van der Waals surface area contributed by atoms with E-state index in [1.807, 2.05) is 0 Å². The van der Waals surface area contributed by atoms with Crippen molar-refractivity contribution in [2.75, 3.05) is 7.11 Å². The fourth-order valence-electron chi connectivity index (χ4n) is 3.82. The molecule has 1 unspecified atom stereocenters. The highest BCUT2D eigenvalue weighted by Crippen LogP contribution is 2.51. The molecule has 0 spiro atoms. The Morgan fingerprint density at radius 2 is 1.71 bits per heavy atom. The maximum Gasteiger partial charge on any atom is 0.134 e. The topological polar surface area (TPSA) is 35.2 Å². The molecule has 1 aliphatic rings. The van der Waals surface area contributed by atoms with Crippen LogP contribution in [0.2, 0.25) is 0 Å². The third-order valence-corrected chi connectivity index (χ3v) is 4.67. The van der Waals surface area contributed by atoms with Gasteiger partial charge in [0.05, 0.1) is 7.11 Å². The molecule has 0 heterocycles. The molecule has 0 saturated heterocycles. The second-order valence-corrected chi connectivity index (χ2v) is 6.65. The van der Waals surface area contributed by atoms with Crippen molar-refractivity contribution in [2.24, 2.45) is 17.1 Å². The number of methoxy groups -OCH3 is 1. The monoisotopic (exact) mass is 297 g/mol. The Morgan fingerprint density at radius 1 is 1.19 bits per heavy atom. The van der Waals surface area contributed by atoms with Gasteiger partial charge in [-0.15, -0.1) is 0 Å². The summed E-state index contributed by atoms with van der Waals surface area (Å²) in [5.74, 6) is -0.562. The molecule has 2 nitrogen and oxygen atoms in total. The largest absolute Gasteiger partial charge is 0.497 e. The number of ether oxygens (including phenoxy) is 1. The third-order valence-electron chi connectivity index (χ3n) is 4.67. The Bertz CT molecular complexity index is 473. The lowest BCUT2D eigenvalue weighted by atomic mass is 9.70. The van der Waals surface area contributed by atoms with Gasteiger partial charge in [-0.3, -0.25) is 0 Å². The zero-order valence-electron chi connectivity index (χ0n) is 13.1. The van der Waals surface area contributed by atoms with Gasteiger partial charge >= 0.3 is 0 Å². The van der Waals surface area contributed by atoms with Crippen LogP contribution in [0.1, 0.15) is 57.6 Å². The van der Waals surface area contributed by atoms with Crippen molar-refractivity contribution in [2.45, 2.75) is 52.0 Å². The van der Waals surface area contributed by atoms with Gasteiger partial charge in [-0.2, -0.15) is 0 Å². The zero-order chi connectivity index (χ0) is 15.6. The minimum Gasteiger partial charge on any atom is -0.497 e. The van der Waals surface area contributed by atoms with Gasteiger partial charge in [0.15, 0.2) is 0 Å². The van der Waals surface area contributed by atoms with Gasteiger partial charge in [0.1, 0.15) is 17.4 Å². The first-order valence-corrected chi connectivity index (χ1v) is 7.68. The van der Waals surface area contributed by atoms with Gasteiger partial charge in [-0.05, 0) is 30.6 Å². The van der Waals surface area contributed by atoms with Crippen LogP contribution in [0.15, 0.2) is 12.1 Å². The molecular weight excluding hydrogens is 272 g/mol. The van der Waals surface area contributed by atoms with Crippen LogP contribution >= 0.6 is 0 Å². The van der Waals surface area contributed by atoms with Crippen molar-refractivity contribution in [3.63, 3.8) is 0 Å². The number of halogens is 2. The van der Waals surface area contributed by atoms with Gasteiger partial charge in [0, 0.05) is 23.7 Å². The van der Waals surface area contributed by atoms with E-state index in [1.54, 1.807) is 0 Å². The molecule has 1 aromatic carbocycles. The lowest BCUT2D eigenvalue weighted by molar-refractivity contribution is 0.177. The molecule has 4 heteroatoms. The second-order valence-electron chi connectivity index (χ2n) is 6.65. The highest BCUT2D eigenvalue weighted by Gasteiger charge is 2.42. The molecule has 1 saturated carbocycles. The first kappa shape index (κ1) is 16.2. The van der Waals surface area contributed by atoms with Crippen LogP contribution in [0.4, 0.5) is 8.78 Å². The van der Waals surface area contributed by atoms with Gasteiger partial charge in [0.25, 0.3) is 0 Å². The third kappa shape index (κ3) is 3.20. The summed E-state index contributed by atoms with van der Waals surface area (Å²) in [5.41, 5.74) is 6.18. The molecule has 21 heavy (non-hydrogen) atoms. The van der Waals surface area contributed by atoms with Gasteiger partial charge in [-0.25, -0.2) is 8.78 Å². The molecule has 0 aromatic heterocycles. The Balaban J connectivity index is 2.39. The van der Waals surface area contributed by atoms with E-state index >= 15 is 0 Å². The molecule has 1 aromatic rings. The van der Waals surface area contributed by atoms with Crippen molar-refractivity contribution < 1.29 is 13.5 Å². The molecular formula is C17H25F2NO. The maximum absolute atomic E-state index is 14.3. The Hall–Kier alpha value is -1.16. The molecule has 0 radical (unpaired) electrons. The molecule has 0 aliphatic heterocycles. The Labute approximate surface area is 125 Å². The van der Waals surface area contributed by atoms with Crippen molar-refractivity contribution in [1.82, 2.24) is 0 Å². The lowest BCUT2D eigenvalue weighted by Crippen LogP contribution is -2.35. The first-order valence-electron chi connectivity index (χ1n) is 7.68. The highest BCUT2D eigenvalue weighted by molar-refractivity contribution is 5.33.